The van der Waals surface area contributed by atoms with E-state index >= 15 is 0 Å². The van der Waals surface area contributed by atoms with Crippen LogP contribution in [-0.4, -0.2) is 150 Å². The van der Waals surface area contributed by atoms with Crippen LogP contribution in [0, 0.1) is 46.3 Å². The van der Waals surface area contributed by atoms with Crippen molar-refractivity contribution in [3.05, 3.63) is 11.6 Å². The first-order valence-electron chi connectivity index (χ1n) is 19.9. The number of allylic oxidation sites excluding steroid dienone is 1. The normalized spacial score (nSPS) is 51.2. The van der Waals surface area contributed by atoms with Crippen molar-refractivity contribution in [2.45, 2.75) is 172 Å². The number of aliphatic hydroxyl groups is 10. The van der Waals surface area contributed by atoms with Crippen LogP contribution in [0.5, 0.6) is 0 Å². The van der Waals surface area contributed by atoms with Crippen molar-refractivity contribution in [1.82, 2.24) is 0 Å². The fourth-order valence-electron chi connectivity index (χ4n) is 11.7. The second-order valence-electron chi connectivity index (χ2n) is 18.1. The maximum atomic E-state index is 11.6. The van der Waals surface area contributed by atoms with Crippen LogP contribution in [0.4, 0.5) is 0 Å². The summed E-state index contributed by atoms with van der Waals surface area (Å²) in [5, 5.41) is 106. The zero-order valence-electron chi connectivity index (χ0n) is 31.8. The summed E-state index contributed by atoms with van der Waals surface area (Å²) in [5.74, 6) is 0.371. The van der Waals surface area contributed by atoms with Gasteiger partial charge in [0.05, 0.1) is 37.6 Å². The van der Waals surface area contributed by atoms with Crippen LogP contribution in [0.25, 0.3) is 0 Å². The van der Waals surface area contributed by atoms with E-state index < -0.39 is 104 Å². The summed E-state index contributed by atoms with van der Waals surface area (Å²) >= 11 is 0. The minimum atomic E-state index is -1.59. The molecular formula is C39H66O14. The van der Waals surface area contributed by atoms with Gasteiger partial charge in [-0.2, -0.15) is 0 Å². The SMILES string of the molecule is CC(C)CC[C@H](O)[C@@H](C)[C@H]1[C@@H](O[C@@H]2O[C@H](CO)[C@@H](O)[C@H](O)[C@H]2O)C[C@H]2[C@@H]3CC=C4C[C@@H](O)C[C@@H](O[C@@H]5O[C@H](CO)[C@@H](O)[C@H](O)[C@H]5O)[C@]4(C)[C@H]3CC[C@]12C. The zero-order chi connectivity index (χ0) is 38.7. The van der Waals surface area contributed by atoms with Crippen LogP contribution in [-0.2, 0) is 18.9 Å². The van der Waals surface area contributed by atoms with Crippen molar-refractivity contribution >= 4 is 0 Å². The Kier molecular flexibility index (Phi) is 12.8. The molecule has 53 heavy (non-hydrogen) atoms. The van der Waals surface area contributed by atoms with E-state index in [9.17, 15) is 51.1 Å². The molecule has 4 aliphatic carbocycles. The van der Waals surface area contributed by atoms with E-state index in [1.54, 1.807) is 0 Å². The average molecular weight is 759 g/mol. The van der Waals surface area contributed by atoms with Gasteiger partial charge < -0.3 is 70.0 Å². The van der Waals surface area contributed by atoms with Crippen molar-refractivity contribution in [2.75, 3.05) is 13.2 Å². The van der Waals surface area contributed by atoms with Gasteiger partial charge in [-0.05, 0) is 85.9 Å². The van der Waals surface area contributed by atoms with Gasteiger partial charge in [0, 0.05) is 11.8 Å². The Morgan fingerprint density at radius 1 is 0.774 bits per heavy atom. The summed E-state index contributed by atoms with van der Waals surface area (Å²) in [6.45, 7) is 9.58. The molecule has 3 saturated carbocycles. The second kappa shape index (κ2) is 16.2. The fraction of sp³-hybridized carbons (Fsp3) is 0.949. The monoisotopic (exact) mass is 758 g/mol. The summed E-state index contributed by atoms with van der Waals surface area (Å²) in [6.07, 6.45) is -9.27. The molecule has 0 aromatic rings. The molecule has 14 heteroatoms. The van der Waals surface area contributed by atoms with E-state index in [1.165, 1.54) is 0 Å². The second-order valence-corrected chi connectivity index (χ2v) is 18.1. The molecule has 306 valence electrons. The molecule has 0 aromatic heterocycles. The molecule has 14 nitrogen and oxygen atoms in total. The number of hydrogen-bond acceptors (Lipinski definition) is 14. The minimum absolute atomic E-state index is 0.0794. The van der Waals surface area contributed by atoms with E-state index in [-0.39, 0.29) is 41.4 Å². The van der Waals surface area contributed by atoms with Gasteiger partial charge in [0.2, 0.25) is 0 Å². The van der Waals surface area contributed by atoms with Gasteiger partial charge in [-0.25, -0.2) is 0 Å². The van der Waals surface area contributed by atoms with E-state index in [1.807, 2.05) is 0 Å². The predicted molar refractivity (Wildman–Crippen MR) is 188 cm³/mol. The standard InChI is InChI=1S/C39H66O14/c1-17(2)6-9-24(43)18(3)29-25(50-36-34(48)32(46)30(44)26(15-40)51-36)14-23-21-8-7-19-12-20(42)13-28(39(19,5)22(21)10-11-38(23,29)4)53-37-35(49)33(47)31(45)27(16-41)52-37/h7,17-18,20-37,40-49H,6,8-16H2,1-5H3/t18-,20-,21-,22+,23+,24+,25+,26-,27-,28-,29+,30-,31-,32+,33+,34-,35-,36-,37+,38+,39+/m1/s1. The fourth-order valence-corrected chi connectivity index (χ4v) is 11.7. The van der Waals surface area contributed by atoms with Crippen molar-refractivity contribution in [1.29, 1.82) is 0 Å². The van der Waals surface area contributed by atoms with Crippen molar-refractivity contribution < 1.29 is 70.0 Å². The first-order chi connectivity index (χ1) is 25.0. The lowest BCUT2D eigenvalue weighted by molar-refractivity contribution is -0.324. The van der Waals surface area contributed by atoms with Gasteiger partial charge >= 0.3 is 0 Å². The highest BCUT2D eigenvalue weighted by molar-refractivity contribution is 5.28. The van der Waals surface area contributed by atoms with Crippen LogP contribution in [0.2, 0.25) is 0 Å². The molecule has 6 rings (SSSR count). The molecule has 0 radical (unpaired) electrons. The van der Waals surface area contributed by atoms with Crippen LogP contribution in [0.15, 0.2) is 11.6 Å². The van der Waals surface area contributed by atoms with Crippen molar-refractivity contribution in [3.63, 3.8) is 0 Å². The molecule has 6 aliphatic rings. The number of ether oxygens (including phenoxy) is 4. The molecule has 0 spiro atoms. The topological polar surface area (TPSA) is 239 Å². The van der Waals surface area contributed by atoms with Crippen LogP contribution < -0.4 is 0 Å². The number of aliphatic hydroxyl groups excluding tert-OH is 10. The maximum absolute atomic E-state index is 11.6. The number of hydrogen-bond donors (Lipinski definition) is 10. The zero-order valence-corrected chi connectivity index (χ0v) is 31.8. The Hall–Kier alpha value is -0.820. The highest BCUT2D eigenvalue weighted by Gasteiger charge is 2.65. The summed E-state index contributed by atoms with van der Waals surface area (Å²) in [6, 6.07) is 0. The van der Waals surface area contributed by atoms with E-state index in [2.05, 4.69) is 40.7 Å². The smallest absolute Gasteiger partial charge is 0.187 e. The lowest BCUT2D eigenvalue weighted by atomic mass is 9.46. The lowest BCUT2D eigenvalue weighted by Gasteiger charge is -2.60. The third kappa shape index (κ3) is 7.42. The van der Waals surface area contributed by atoms with Crippen molar-refractivity contribution in [2.24, 2.45) is 46.3 Å². The minimum Gasteiger partial charge on any atom is -0.394 e. The summed E-state index contributed by atoms with van der Waals surface area (Å²) < 4.78 is 24.8. The largest absolute Gasteiger partial charge is 0.394 e. The molecule has 0 aromatic carbocycles. The molecule has 2 heterocycles. The van der Waals surface area contributed by atoms with Gasteiger partial charge in [-0.15, -0.1) is 0 Å². The molecule has 2 aliphatic heterocycles. The van der Waals surface area contributed by atoms with Gasteiger partial charge in [0.25, 0.3) is 0 Å². The summed E-state index contributed by atoms with van der Waals surface area (Å²) in [7, 11) is 0. The molecule has 21 atom stereocenters. The van der Waals surface area contributed by atoms with Gasteiger partial charge in [-0.3, -0.25) is 0 Å². The predicted octanol–water partition coefficient (Wildman–Crippen LogP) is -0.0505. The van der Waals surface area contributed by atoms with E-state index in [4.69, 9.17) is 18.9 Å². The van der Waals surface area contributed by atoms with E-state index in [0.717, 1.165) is 31.3 Å². The Labute approximate surface area is 312 Å². The highest BCUT2D eigenvalue weighted by atomic mass is 16.7. The lowest BCUT2D eigenvalue weighted by Crippen LogP contribution is -2.62. The Balaban J connectivity index is 1.31. The third-order valence-electron chi connectivity index (χ3n) is 14.7. The Morgan fingerprint density at radius 2 is 1.36 bits per heavy atom. The molecule has 0 amide bonds. The molecule has 2 saturated heterocycles. The molecule has 0 bridgehead atoms. The van der Waals surface area contributed by atoms with Gasteiger partial charge in [-0.1, -0.05) is 46.3 Å². The molecule has 5 fully saturated rings. The van der Waals surface area contributed by atoms with Crippen LogP contribution in [0.3, 0.4) is 0 Å². The first-order valence-corrected chi connectivity index (χ1v) is 19.9. The van der Waals surface area contributed by atoms with Gasteiger partial charge in [0.15, 0.2) is 12.6 Å². The summed E-state index contributed by atoms with van der Waals surface area (Å²) in [5.41, 5.74) is 0.176. The molecule has 0 unspecified atom stereocenters. The van der Waals surface area contributed by atoms with Gasteiger partial charge in [0.1, 0.15) is 48.8 Å². The summed E-state index contributed by atoms with van der Waals surface area (Å²) in [4.78, 5) is 0. The van der Waals surface area contributed by atoms with Crippen LogP contribution in [0.1, 0.15) is 86.0 Å². The molecular weight excluding hydrogens is 692 g/mol. The van der Waals surface area contributed by atoms with Crippen molar-refractivity contribution in [3.8, 4) is 0 Å². The average Bonchev–Trinajstić information content (AvgIpc) is 3.42. The number of rotatable bonds is 11. The third-order valence-corrected chi connectivity index (χ3v) is 14.7. The quantitative estimate of drug-likeness (QED) is 0.124. The highest BCUT2D eigenvalue weighted by Crippen LogP contribution is 2.68. The molecule has 10 N–H and O–H groups in total. The van der Waals surface area contributed by atoms with Crippen LogP contribution >= 0.6 is 0 Å². The maximum Gasteiger partial charge on any atom is 0.187 e. The first kappa shape index (κ1) is 41.8. The Bertz CT molecular complexity index is 1260. The van der Waals surface area contributed by atoms with E-state index in [0.29, 0.717) is 25.2 Å². The number of fused-ring (bicyclic) bond motifs is 5. The Morgan fingerprint density at radius 3 is 1.92 bits per heavy atom.